The van der Waals surface area contributed by atoms with Gasteiger partial charge in [0.2, 0.25) is 0 Å². The lowest BCUT2D eigenvalue weighted by atomic mass is 9.92. The van der Waals surface area contributed by atoms with Gasteiger partial charge in [0, 0.05) is 9.50 Å². The van der Waals surface area contributed by atoms with Crippen LogP contribution in [0, 0.1) is 0 Å². The van der Waals surface area contributed by atoms with Crippen LogP contribution in [0.2, 0.25) is 5.02 Å². The molecule has 2 N–H and O–H groups in total. The van der Waals surface area contributed by atoms with Crippen molar-refractivity contribution in [2.75, 3.05) is 0 Å². The average molecular weight is 353 g/mol. The predicted molar refractivity (Wildman–Crippen MR) is 90.4 cm³/mol. The molecule has 1 unspecified atom stereocenters. The first-order valence-electron chi connectivity index (χ1n) is 6.88. The molecule has 1 nitrogen and oxygen atoms in total. The van der Waals surface area contributed by atoms with E-state index < -0.39 is 0 Å². The number of nitrogens with two attached hydrogens (primary N) is 1. The van der Waals surface area contributed by atoms with Gasteiger partial charge in [-0.3, -0.25) is 0 Å². The summed E-state index contributed by atoms with van der Waals surface area (Å²) in [5, 5.41) is 0.703. The van der Waals surface area contributed by atoms with Crippen molar-refractivity contribution in [1.82, 2.24) is 0 Å². The Balaban J connectivity index is 2.48. The monoisotopic (exact) mass is 351 g/mol. The molecular weight excluding hydrogens is 334 g/mol. The zero-order valence-electron chi connectivity index (χ0n) is 11.8. The number of hydrogen-bond acceptors (Lipinski definition) is 1. The van der Waals surface area contributed by atoms with Crippen LogP contribution in [-0.4, -0.2) is 0 Å². The van der Waals surface area contributed by atoms with Gasteiger partial charge in [0.25, 0.3) is 0 Å². The molecule has 0 aliphatic rings. The molecule has 0 aliphatic heterocycles. The minimum absolute atomic E-state index is 0.147. The van der Waals surface area contributed by atoms with Crippen molar-refractivity contribution in [2.45, 2.75) is 32.7 Å². The second kappa shape index (κ2) is 6.75. The molecule has 0 radical (unpaired) electrons. The van der Waals surface area contributed by atoms with E-state index in [1.165, 1.54) is 16.7 Å². The Kier molecular flexibility index (Phi) is 5.25. The van der Waals surface area contributed by atoms with Crippen molar-refractivity contribution in [1.29, 1.82) is 0 Å². The van der Waals surface area contributed by atoms with Gasteiger partial charge in [-0.2, -0.15) is 0 Å². The third kappa shape index (κ3) is 3.43. The molecule has 0 spiro atoms. The number of aryl methyl sites for hydroxylation is 2. The van der Waals surface area contributed by atoms with Gasteiger partial charge < -0.3 is 5.73 Å². The normalized spacial score (nSPS) is 12.4. The number of halogens is 2. The van der Waals surface area contributed by atoms with Crippen molar-refractivity contribution >= 4 is 27.5 Å². The van der Waals surface area contributed by atoms with Crippen LogP contribution < -0.4 is 5.73 Å². The van der Waals surface area contributed by atoms with E-state index in [9.17, 15) is 0 Å². The molecule has 0 bridgehead atoms. The second-order valence-electron chi connectivity index (χ2n) is 4.92. The molecule has 0 amide bonds. The Morgan fingerprint density at radius 3 is 2.45 bits per heavy atom. The lowest BCUT2D eigenvalue weighted by Gasteiger charge is -2.18. The van der Waals surface area contributed by atoms with Crippen LogP contribution in [0.25, 0.3) is 0 Å². The lowest BCUT2D eigenvalue weighted by molar-refractivity contribution is 0.844. The fourth-order valence-corrected chi connectivity index (χ4v) is 3.30. The summed E-state index contributed by atoms with van der Waals surface area (Å²) in [6, 6.07) is 12.3. The maximum Gasteiger partial charge on any atom is 0.0555 e. The van der Waals surface area contributed by atoms with E-state index in [0.717, 1.165) is 22.9 Å². The van der Waals surface area contributed by atoms with Gasteiger partial charge in [0.15, 0.2) is 0 Å². The molecule has 2 aromatic carbocycles. The Bertz CT molecular complexity index is 590. The van der Waals surface area contributed by atoms with E-state index in [2.05, 4.69) is 48.0 Å². The van der Waals surface area contributed by atoms with E-state index in [0.29, 0.717) is 5.02 Å². The van der Waals surface area contributed by atoms with Gasteiger partial charge in [-0.1, -0.05) is 59.6 Å². The summed E-state index contributed by atoms with van der Waals surface area (Å²) in [6.07, 6.45) is 2.00. The van der Waals surface area contributed by atoms with Crippen LogP contribution in [0.4, 0.5) is 0 Å². The highest BCUT2D eigenvalue weighted by Gasteiger charge is 2.14. The third-order valence-corrected chi connectivity index (χ3v) is 4.25. The SMILES string of the molecule is CCc1ccc(CC)c(C(N)c2cc(Cl)cc(Br)c2)c1. The van der Waals surface area contributed by atoms with Gasteiger partial charge in [-0.25, -0.2) is 0 Å². The number of benzene rings is 2. The van der Waals surface area contributed by atoms with Crippen molar-refractivity contribution in [3.05, 3.63) is 68.1 Å². The van der Waals surface area contributed by atoms with Gasteiger partial charge in [0.1, 0.15) is 0 Å². The topological polar surface area (TPSA) is 26.0 Å². The molecule has 2 rings (SSSR count). The van der Waals surface area contributed by atoms with Crippen molar-refractivity contribution in [2.24, 2.45) is 5.73 Å². The zero-order chi connectivity index (χ0) is 14.7. The average Bonchev–Trinajstić information content (AvgIpc) is 2.44. The van der Waals surface area contributed by atoms with E-state index in [1.54, 1.807) is 0 Å². The van der Waals surface area contributed by atoms with E-state index in [-0.39, 0.29) is 6.04 Å². The van der Waals surface area contributed by atoms with Crippen LogP contribution in [-0.2, 0) is 12.8 Å². The molecule has 0 heterocycles. The Labute approximate surface area is 134 Å². The van der Waals surface area contributed by atoms with Crippen LogP contribution in [0.1, 0.15) is 42.1 Å². The molecule has 2 aromatic rings. The second-order valence-corrected chi connectivity index (χ2v) is 6.27. The molecule has 0 saturated heterocycles. The van der Waals surface area contributed by atoms with E-state index >= 15 is 0 Å². The summed E-state index contributed by atoms with van der Waals surface area (Å²) in [4.78, 5) is 0. The zero-order valence-corrected chi connectivity index (χ0v) is 14.1. The minimum atomic E-state index is -0.147. The highest BCUT2D eigenvalue weighted by atomic mass is 79.9. The van der Waals surface area contributed by atoms with Crippen LogP contribution in [0.15, 0.2) is 40.9 Å². The first-order chi connectivity index (χ1) is 9.55. The fourth-order valence-electron chi connectivity index (χ4n) is 2.41. The smallest absolute Gasteiger partial charge is 0.0555 e. The van der Waals surface area contributed by atoms with Gasteiger partial charge in [0.05, 0.1) is 6.04 Å². The fraction of sp³-hybridized carbons (Fsp3) is 0.294. The molecule has 0 aromatic heterocycles. The van der Waals surface area contributed by atoms with E-state index in [1.807, 2.05) is 18.2 Å². The standard InChI is InChI=1S/C17H19BrClN/c1-3-11-5-6-12(4-2)16(7-11)17(20)13-8-14(18)10-15(19)9-13/h5-10,17H,3-4,20H2,1-2H3. The molecule has 0 fully saturated rings. The first-order valence-corrected chi connectivity index (χ1v) is 8.05. The predicted octanol–water partition coefficient (Wildman–Crippen LogP) is 5.28. The quantitative estimate of drug-likeness (QED) is 0.796. The molecule has 20 heavy (non-hydrogen) atoms. The molecule has 0 saturated carbocycles. The Morgan fingerprint density at radius 2 is 1.85 bits per heavy atom. The molecule has 106 valence electrons. The third-order valence-electron chi connectivity index (χ3n) is 3.58. The lowest BCUT2D eigenvalue weighted by Crippen LogP contribution is -2.14. The minimum Gasteiger partial charge on any atom is -0.320 e. The summed E-state index contributed by atoms with van der Waals surface area (Å²) in [5.74, 6) is 0. The summed E-state index contributed by atoms with van der Waals surface area (Å²) >= 11 is 9.61. The molecule has 1 atom stereocenters. The van der Waals surface area contributed by atoms with E-state index in [4.69, 9.17) is 17.3 Å². The summed E-state index contributed by atoms with van der Waals surface area (Å²) in [6.45, 7) is 4.32. The van der Waals surface area contributed by atoms with Crippen molar-refractivity contribution in [3.8, 4) is 0 Å². The van der Waals surface area contributed by atoms with Gasteiger partial charge in [-0.15, -0.1) is 0 Å². The maximum atomic E-state index is 6.47. The summed E-state index contributed by atoms with van der Waals surface area (Å²) in [5.41, 5.74) is 11.3. The van der Waals surface area contributed by atoms with Crippen LogP contribution in [0.3, 0.4) is 0 Å². The van der Waals surface area contributed by atoms with Crippen LogP contribution >= 0.6 is 27.5 Å². The highest BCUT2D eigenvalue weighted by Crippen LogP contribution is 2.29. The van der Waals surface area contributed by atoms with Crippen molar-refractivity contribution < 1.29 is 0 Å². The Hall–Kier alpha value is -0.830. The molecular formula is C17H19BrClN. The first kappa shape index (κ1) is 15.6. The molecule has 3 heteroatoms. The highest BCUT2D eigenvalue weighted by molar-refractivity contribution is 9.10. The summed E-state index contributed by atoms with van der Waals surface area (Å²) in [7, 11) is 0. The molecule has 0 aliphatic carbocycles. The van der Waals surface area contributed by atoms with Gasteiger partial charge in [-0.05, 0) is 53.3 Å². The van der Waals surface area contributed by atoms with Crippen molar-refractivity contribution in [3.63, 3.8) is 0 Å². The van der Waals surface area contributed by atoms with Crippen LogP contribution in [0.5, 0.6) is 0 Å². The number of rotatable bonds is 4. The largest absolute Gasteiger partial charge is 0.320 e. The van der Waals surface area contributed by atoms with Gasteiger partial charge >= 0.3 is 0 Å². The number of hydrogen-bond donors (Lipinski definition) is 1. The Morgan fingerprint density at radius 1 is 1.10 bits per heavy atom. The summed E-state index contributed by atoms with van der Waals surface area (Å²) < 4.78 is 0.958. The maximum absolute atomic E-state index is 6.47.